The molecule has 3 heterocycles. The van der Waals surface area contributed by atoms with Gasteiger partial charge >= 0.3 is 0 Å². The predicted molar refractivity (Wildman–Crippen MR) is 138 cm³/mol. The average molecular weight is 506 g/mol. The van der Waals surface area contributed by atoms with Crippen molar-refractivity contribution < 1.29 is 4.74 Å². The summed E-state index contributed by atoms with van der Waals surface area (Å²) < 4.78 is 5.50. The van der Waals surface area contributed by atoms with Crippen LogP contribution in [-0.4, -0.2) is 38.1 Å². The van der Waals surface area contributed by atoms with Gasteiger partial charge in [-0.05, 0) is 71.1 Å². The quantitative estimate of drug-likeness (QED) is 0.418. The fourth-order valence-electron chi connectivity index (χ4n) is 4.65. The summed E-state index contributed by atoms with van der Waals surface area (Å²) in [5.41, 5.74) is 3.80. The van der Waals surface area contributed by atoms with Crippen molar-refractivity contribution in [2.24, 2.45) is 0 Å². The Morgan fingerprint density at radius 1 is 1.03 bits per heavy atom. The first kappa shape index (κ1) is 22.6. The lowest BCUT2D eigenvalue weighted by molar-refractivity contribution is 0.122. The summed E-state index contributed by atoms with van der Waals surface area (Å²) >= 11 is 16.2. The van der Waals surface area contributed by atoms with Gasteiger partial charge in [0.1, 0.15) is 0 Å². The fraction of sp³-hybridized carbons (Fsp3) is 0.360. The first-order valence-corrected chi connectivity index (χ1v) is 13.5. The Labute approximate surface area is 208 Å². The molecular weight excluding hydrogens is 479 g/mol. The monoisotopic (exact) mass is 504 g/mol. The number of rotatable bonds is 5. The van der Waals surface area contributed by atoms with E-state index in [2.05, 4.69) is 51.3 Å². The van der Waals surface area contributed by atoms with E-state index in [1.165, 1.54) is 16.8 Å². The standard InChI is InChI=1S/C25H26Cl2N2OS2/c26-20-3-6-23(27)24(15-20)32-22-7-9-25(28-16-22,19-8-14-31-17-19)18-1-4-21(5-2-18)29-10-12-30-13-11-29/h1-6,8,14-15,17,22,28H,7,9-13,16H2. The number of piperidine rings is 1. The van der Waals surface area contributed by atoms with Crippen molar-refractivity contribution in [1.29, 1.82) is 0 Å². The zero-order valence-electron chi connectivity index (χ0n) is 17.7. The molecule has 0 spiro atoms. The number of nitrogens with one attached hydrogen (secondary N) is 1. The van der Waals surface area contributed by atoms with E-state index in [4.69, 9.17) is 27.9 Å². The molecule has 2 unspecified atom stereocenters. The van der Waals surface area contributed by atoms with Gasteiger partial charge in [-0.1, -0.05) is 35.3 Å². The molecular formula is C25H26Cl2N2OS2. The minimum atomic E-state index is -0.154. The predicted octanol–water partition coefficient (Wildman–Crippen LogP) is 6.68. The van der Waals surface area contributed by atoms with Crippen LogP contribution in [0, 0.1) is 0 Å². The van der Waals surface area contributed by atoms with Crippen LogP contribution in [0.5, 0.6) is 0 Å². The number of morpholine rings is 1. The van der Waals surface area contributed by atoms with Crippen LogP contribution in [-0.2, 0) is 10.3 Å². The fourth-order valence-corrected chi connectivity index (χ4v) is 7.00. The summed E-state index contributed by atoms with van der Waals surface area (Å²) in [6.45, 7) is 4.43. The van der Waals surface area contributed by atoms with E-state index in [0.717, 1.165) is 60.6 Å². The Morgan fingerprint density at radius 3 is 2.53 bits per heavy atom. The van der Waals surface area contributed by atoms with Crippen LogP contribution >= 0.6 is 46.3 Å². The van der Waals surface area contributed by atoms with Gasteiger partial charge in [0.05, 0.1) is 23.8 Å². The second-order valence-corrected chi connectivity index (χ2v) is 11.3. The molecule has 3 aromatic rings. The molecule has 3 nitrogen and oxygen atoms in total. The van der Waals surface area contributed by atoms with Crippen molar-refractivity contribution >= 4 is 52.0 Å². The maximum Gasteiger partial charge on any atom is 0.0699 e. The van der Waals surface area contributed by atoms with Crippen LogP contribution in [0.1, 0.15) is 24.0 Å². The Bertz CT molecular complexity index is 1030. The molecule has 0 amide bonds. The van der Waals surface area contributed by atoms with Crippen molar-refractivity contribution in [3.8, 4) is 0 Å². The zero-order chi connectivity index (χ0) is 22.0. The molecule has 5 rings (SSSR count). The lowest BCUT2D eigenvalue weighted by Gasteiger charge is -2.42. The van der Waals surface area contributed by atoms with Crippen LogP contribution in [0.15, 0.2) is 64.2 Å². The zero-order valence-corrected chi connectivity index (χ0v) is 20.9. The number of hydrogen-bond acceptors (Lipinski definition) is 5. The number of ether oxygens (including phenoxy) is 1. The summed E-state index contributed by atoms with van der Waals surface area (Å²) in [6.07, 6.45) is 2.14. The van der Waals surface area contributed by atoms with Gasteiger partial charge in [-0.3, -0.25) is 0 Å². The van der Waals surface area contributed by atoms with E-state index in [9.17, 15) is 0 Å². The largest absolute Gasteiger partial charge is 0.378 e. The molecule has 2 atom stereocenters. The van der Waals surface area contributed by atoms with Crippen molar-refractivity contribution in [3.05, 3.63) is 80.5 Å². The van der Waals surface area contributed by atoms with Crippen LogP contribution in [0.3, 0.4) is 0 Å². The number of anilines is 1. The first-order chi connectivity index (χ1) is 15.6. The number of thiophene rings is 1. The van der Waals surface area contributed by atoms with E-state index in [1.807, 2.05) is 30.0 Å². The highest BCUT2D eigenvalue weighted by Crippen LogP contribution is 2.43. The molecule has 2 saturated heterocycles. The summed E-state index contributed by atoms with van der Waals surface area (Å²) in [5, 5.41) is 10.3. The van der Waals surface area contributed by atoms with Gasteiger partial charge in [-0.15, -0.1) is 11.8 Å². The van der Waals surface area contributed by atoms with Crippen molar-refractivity contribution in [2.75, 3.05) is 37.7 Å². The van der Waals surface area contributed by atoms with Gasteiger partial charge in [0.25, 0.3) is 0 Å². The van der Waals surface area contributed by atoms with Gasteiger partial charge in [0.15, 0.2) is 0 Å². The van der Waals surface area contributed by atoms with Crippen molar-refractivity contribution in [1.82, 2.24) is 5.32 Å². The van der Waals surface area contributed by atoms with Crippen LogP contribution < -0.4 is 10.2 Å². The third kappa shape index (κ3) is 4.70. The topological polar surface area (TPSA) is 24.5 Å². The molecule has 168 valence electrons. The molecule has 0 aliphatic carbocycles. The molecule has 0 bridgehead atoms. The highest BCUT2D eigenvalue weighted by atomic mass is 35.5. The average Bonchev–Trinajstić information content (AvgIpc) is 3.38. The molecule has 7 heteroatoms. The molecule has 2 aromatic carbocycles. The maximum atomic E-state index is 6.42. The minimum absolute atomic E-state index is 0.154. The Morgan fingerprint density at radius 2 is 1.84 bits per heavy atom. The lowest BCUT2D eigenvalue weighted by Crippen LogP contribution is -2.50. The van der Waals surface area contributed by atoms with Crippen LogP contribution in [0.25, 0.3) is 0 Å². The van der Waals surface area contributed by atoms with E-state index >= 15 is 0 Å². The van der Waals surface area contributed by atoms with Crippen molar-refractivity contribution in [3.63, 3.8) is 0 Å². The van der Waals surface area contributed by atoms with E-state index < -0.39 is 0 Å². The molecule has 1 aromatic heterocycles. The van der Waals surface area contributed by atoms with Crippen LogP contribution in [0.2, 0.25) is 10.0 Å². The summed E-state index contributed by atoms with van der Waals surface area (Å²) in [7, 11) is 0. The number of hydrogen-bond donors (Lipinski definition) is 1. The van der Waals surface area contributed by atoms with E-state index in [-0.39, 0.29) is 5.54 Å². The molecule has 1 N–H and O–H groups in total. The van der Waals surface area contributed by atoms with E-state index in [1.54, 1.807) is 11.3 Å². The molecule has 32 heavy (non-hydrogen) atoms. The van der Waals surface area contributed by atoms with Gasteiger partial charge in [0.2, 0.25) is 0 Å². The van der Waals surface area contributed by atoms with Gasteiger partial charge in [0, 0.05) is 40.5 Å². The summed E-state index contributed by atoms with van der Waals surface area (Å²) in [4.78, 5) is 3.46. The van der Waals surface area contributed by atoms with Gasteiger partial charge in [-0.2, -0.15) is 11.3 Å². The molecule has 2 aliphatic heterocycles. The number of halogens is 2. The maximum absolute atomic E-state index is 6.42. The SMILES string of the molecule is Clc1ccc(Cl)c(SC2CCC(c3ccc(N4CCOCC4)cc3)(c3ccsc3)NC2)c1. The Hall–Kier alpha value is -1.21. The third-order valence-corrected chi connectivity index (χ3v) is 9.10. The number of nitrogens with zero attached hydrogens (tertiary/aromatic N) is 1. The normalized spacial score (nSPS) is 23.9. The Balaban J connectivity index is 1.35. The smallest absolute Gasteiger partial charge is 0.0699 e. The number of benzene rings is 2. The molecule has 2 aliphatic rings. The first-order valence-electron chi connectivity index (χ1n) is 11.0. The Kier molecular flexibility index (Phi) is 7.03. The minimum Gasteiger partial charge on any atom is -0.378 e. The van der Waals surface area contributed by atoms with Gasteiger partial charge < -0.3 is 15.0 Å². The second-order valence-electron chi connectivity index (χ2n) is 8.30. The van der Waals surface area contributed by atoms with Crippen molar-refractivity contribution in [2.45, 2.75) is 28.5 Å². The van der Waals surface area contributed by atoms with E-state index in [0.29, 0.717) is 5.25 Å². The van der Waals surface area contributed by atoms with Crippen LogP contribution in [0.4, 0.5) is 5.69 Å². The summed E-state index contributed by atoms with van der Waals surface area (Å²) in [6, 6.07) is 17.1. The molecule has 0 saturated carbocycles. The molecule has 0 radical (unpaired) electrons. The number of thioether (sulfide) groups is 1. The van der Waals surface area contributed by atoms with Gasteiger partial charge in [-0.25, -0.2) is 0 Å². The summed E-state index contributed by atoms with van der Waals surface area (Å²) in [5.74, 6) is 0. The molecule has 2 fully saturated rings. The lowest BCUT2D eigenvalue weighted by atomic mass is 9.78. The highest BCUT2D eigenvalue weighted by Gasteiger charge is 2.39. The highest BCUT2D eigenvalue weighted by molar-refractivity contribution is 8.00. The second kappa shape index (κ2) is 9.96. The third-order valence-electron chi connectivity index (χ3n) is 6.41.